The number of hydrogen-bond donors (Lipinski definition) is 2. The SMILES string of the molecule is CO[C@](C)(CC(O)CO)[C@H](O[C@@H]1O[C@H](C)CC(N(C)C)[C@H]1P=O)[C@@H](C)C1=C(C)C(=O)OC(C)(C)O1. The quantitative estimate of drug-likeness (QED) is 0.311. The van der Waals surface area contributed by atoms with Crippen molar-refractivity contribution in [3.05, 3.63) is 11.3 Å². The topological polar surface area (TPSA) is 124 Å². The van der Waals surface area contributed by atoms with Gasteiger partial charge in [0.2, 0.25) is 5.79 Å². The molecule has 0 bridgehead atoms. The molecular formula is C24H42NO9P. The number of esters is 1. The first-order valence-corrected chi connectivity index (χ1v) is 12.8. The maximum Gasteiger partial charge on any atom is 0.340 e. The van der Waals surface area contributed by atoms with Gasteiger partial charge in [-0.15, -0.1) is 0 Å². The van der Waals surface area contributed by atoms with Gasteiger partial charge in [0.1, 0.15) is 11.4 Å². The van der Waals surface area contributed by atoms with Crippen molar-refractivity contribution in [2.24, 2.45) is 5.92 Å². The van der Waals surface area contributed by atoms with Crippen LogP contribution in [0.25, 0.3) is 0 Å². The minimum atomic E-state index is -1.18. The molecule has 0 spiro atoms. The lowest BCUT2D eigenvalue weighted by Crippen LogP contribution is -2.57. The molecule has 0 aromatic rings. The molecule has 10 nitrogen and oxygen atoms in total. The second kappa shape index (κ2) is 11.9. The van der Waals surface area contributed by atoms with Crippen molar-refractivity contribution in [2.75, 3.05) is 27.8 Å². The van der Waals surface area contributed by atoms with E-state index in [0.717, 1.165) is 0 Å². The number of carbonyl (C=O) groups is 1. The summed E-state index contributed by atoms with van der Waals surface area (Å²) in [6, 6.07) is -0.0588. The molecule has 2 aliphatic rings. The van der Waals surface area contributed by atoms with Crippen molar-refractivity contribution in [2.45, 2.75) is 102 Å². The van der Waals surface area contributed by atoms with Crippen LogP contribution in [0.15, 0.2) is 11.3 Å². The van der Waals surface area contributed by atoms with Gasteiger partial charge in [-0.3, -0.25) is 4.57 Å². The zero-order chi connectivity index (χ0) is 26.7. The minimum absolute atomic E-state index is 0.0360. The van der Waals surface area contributed by atoms with E-state index in [2.05, 4.69) is 0 Å². The molecule has 2 N–H and O–H groups in total. The van der Waals surface area contributed by atoms with Crippen molar-refractivity contribution in [3.63, 3.8) is 0 Å². The van der Waals surface area contributed by atoms with Crippen LogP contribution >= 0.6 is 8.46 Å². The van der Waals surface area contributed by atoms with Crippen LogP contribution in [0.4, 0.5) is 0 Å². The molecular weight excluding hydrogens is 477 g/mol. The fourth-order valence-electron chi connectivity index (χ4n) is 4.89. The monoisotopic (exact) mass is 519 g/mol. The van der Waals surface area contributed by atoms with Gasteiger partial charge in [0, 0.05) is 39.3 Å². The number of rotatable bonds is 11. The molecule has 0 aromatic carbocycles. The van der Waals surface area contributed by atoms with Gasteiger partial charge in [-0.05, 0) is 41.3 Å². The number of carbonyl (C=O) groups excluding carboxylic acids is 1. The van der Waals surface area contributed by atoms with E-state index in [9.17, 15) is 19.6 Å². The summed E-state index contributed by atoms with van der Waals surface area (Å²) in [5.41, 5.74) is -1.32. The minimum Gasteiger partial charge on any atom is -0.456 e. The average molecular weight is 520 g/mol. The van der Waals surface area contributed by atoms with Crippen molar-refractivity contribution >= 4 is 14.4 Å². The van der Waals surface area contributed by atoms with Crippen molar-refractivity contribution in [1.29, 1.82) is 0 Å². The zero-order valence-corrected chi connectivity index (χ0v) is 23.2. The third kappa shape index (κ3) is 7.01. The first-order valence-electron chi connectivity index (χ1n) is 12.0. The van der Waals surface area contributed by atoms with Crippen molar-refractivity contribution in [1.82, 2.24) is 4.90 Å². The second-order valence-corrected chi connectivity index (χ2v) is 11.3. The molecule has 11 heteroatoms. The first kappa shape index (κ1) is 30.1. The highest BCUT2D eigenvalue weighted by Gasteiger charge is 2.49. The van der Waals surface area contributed by atoms with Gasteiger partial charge in [0.15, 0.2) is 14.8 Å². The Morgan fingerprint density at radius 3 is 2.46 bits per heavy atom. The number of aliphatic hydroxyl groups is 2. The molecule has 8 atom stereocenters. The van der Waals surface area contributed by atoms with Crippen LogP contribution in [0.1, 0.15) is 54.4 Å². The fourth-order valence-corrected chi connectivity index (χ4v) is 5.66. The van der Waals surface area contributed by atoms with E-state index >= 15 is 0 Å². The van der Waals surface area contributed by atoms with Crippen LogP contribution in [-0.2, 0) is 33.0 Å². The normalized spacial score (nSPS) is 31.5. The summed E-state index contributed by atoms with van der Waals surface area (Å²) in [5, 5.41) is 19.8. The summed E-state index contributed by atoms with van der Waals surface area (Å²) < 4.78 is 42.3. The lowest BCUT2D eigenvalue weighted by Gasteiger charge is -2.47. The molecule has 0 radical (unpaired) electrons. The number of hydrogen-bond acceptors (Lipinski definition) is 10. The van der Waals surface area contributed by atoms with Gasteiger partial charge in [-0.2, -0.15) is 0 Å². The fraction of sp³-hybridized carbons (Fsp3) is 0.875. The Morgan fingerprint density at radius 1 is 1.31 bits per heavy atom. The number of cyclic esters (lactones) is 1. The summed E-state index contributed by atoms with van der Waals surface area (Å²) >= 11 is 0. The molecule has 0 saturated carbocycles. The molecule has 2 heterocycles. The average Bonchev–Trinajstić information content (AvgIpc) is 2.78. The van der Waals surface area contributed by atoms with Crippen LogP contribution < -0.4 is 0 Å². The van der Waals surface area contributed by atoms with E-state index in [1.54, 1.807) is 27.7 Å². The lowest BCUT2D eigenvalue weighted by molar-refractivity contribution is -0.267. The van der Waals surface area contributed by atoms with Crippen LogP contribution in [-0.4, -0.2) is 96.6 Å². The number of aliphatic hydroxyl groups excluding tert-OH is 2. The van der Waals surface area contributed by atoms with E-state index < -0.39 is 54.0 Å². The van der Waals surface area contributed by atoms with E-state index in [0.29, 0.717) is 17.8 Å². The maximum absolute atomic E-state index is 12.6. The van der Waals surface area contributed by atoms with E-state index in [1.165, 1.54) is 7.11 Å². The van der Waals surface area contributed by atoms with E-state index in [1.807, 2.05) is 32.8 Å². The molecule has 0 amide bonds. The molecule has 202 valence electrons. The van der Waals surface area contributed by atoms with Crippen LogP contribution in [0.5, 0.6) is 0 Å². The van der Waals surface area contributed by atoms with Gasteiger partial charge in [0.05, 0.1) is 36.1 Å². The largest absolute Gasteiger partial charge is 0.456 e. The summed E-state index contributed by atoms with van der Waals surface area (Å²) in [6.45, 7) is 9.97. The summed E-state index contributed by atoms with van der Waals surface area (Å²) in [4.78, 5) is 14.6. The third-order valence-corrected chi connectivity index (χ3v) is 7.67. The zero-order valence-electron chi connectivity index (χ0n) is 22.3. The van der Waals surface area contributed by atoms with Crippen molar-refractivity contribution in [3.8, 4) is 0 Å². The Kier molecular flexibility index (Phi) is 10.3. The number of ether oxygens (including phenoxy) is 5. The second-order valence-electron chi connectivity index (χ2n) is 10.5. The third-order valence-electron chi connectivity index (χ3n) is 6.84. The lowest BCUT2D eigenvalue weighted by atomic mass is 9.82. The molecule has 35 heavy (non-hydrogen) atoms. The highest BCUT2D eigenvalue weighted by Crippen LogP contribution is 2.41. The van der Waals surface area contributed by atoms with Gasteiger partial charge < -0.3 is 38.8 Å². The van der Waals surface area contributed by atoms with Crippen LogP contribution in [0, 0.1) is 5.92 Å². The summed E-state index contributed by atoms with van der Waals surface area (Å²) in [6.07, 6.45) is -2.18. The Hall–Kier alpha value is -1.13. The van der Waals surface area contributed by atoms with E-state index in [4.69, 9.17) is 23.7 Å². The molecule has 0 aliphatic carbocycles. The predicted molar refractivity (Wildman–Crippen MR) is 129 cm³/mol. The van der Waals surface area contributed by atoms with Gasteiger partial charge in [0.25, 0.3) is 0 Å². The highest BCUT2D eigenvalue weighted by atomic mass is 31.1. The van der Waals surface area contributed by atoms with Crippen molar-refractivity contribution < 1.29 is 43.3 Å². The van der Waals surface area contributed by atoms with Gasteiger partial charge in [-0.25, -0.2) is 4.79 Å². The first-order chi connectivity index (χ1) is 16.2. The summed E-state index contributed by atoms with van der Waals surface area (Å²) in [5.74, 6) is -1.86. The Balaban J connectivity index is 2.54. The Labute approximate surface area is 210 Å². The molecule has 0 aromatic heterocycles. The van der Waals surface area contributed by atoms with E-state index in [-0.39, 0.29) is 27.0 Å². The molecule has 2 unspecified atom stereocenters. The summed E-state index contributed by atoms with van der Waals surface area (Å²) in [7, 11) is 5.21. The highest BCUT2D eigenvalue weighted by molar-refractivity contribution is 7.24. The van der Waals surface area contributed by atoms with Crippen LogP contribution in [0.3, 0.4) is 0 Å². The Bertz CT molecular complexity index is 789. The molecule has 2 rings (SSSR count). The van der Waals surface area contributed by atoms with Crippen LogP contribution in [0.2, 0.25) is 0 Å². The van der Waals surface area contributed by atoms with Gasteiger partial charge >= 0.3 is 5.97 Å². The maximum atomic E-state index is 12.6. The number of nitrogens with zero attached hydrogens (tertiary/aromatic N) is 1. The predicted octanol–water partition coefficient (Wildman–Crippen LogP) is 2.46. The number of methoxy groups -OCH3 is 1. The standard InChI is InChI=1S/C24H42NO9P/c1-13-10-17(25(7)8)19(35-29)22(31-13)32-20(24(6,30-9)11-16(27)12-26)14(2)18-15(3)21(28)34-23(4,5)33-18/h13-14,16-17,19-20,22,26-27H,10-12H2,1-9H3/t13-,14+,16?,17?,19-,20-,22+,24-/m1/s1. The Morgan fingerprint density at radius 2 is 1.94 bits per heavy atom. The van der Waals surface area contributed by atoms with Gasteiger partial charge in [-0.1, -0.05) is 6.92 Å². The molecule has 2 aliphatic heterocycles. The molecule has 1 saturated heterocycles. The smallest absolute Gasteiger partial charge is 0.340 e. The molecule has 1 fully saturated rings.